The maximum atomic E-state index is 13.9. The number of benzene rings is 1. The van der Waals surface area contributed by atoms with Crippen molar-refractivity contribution in [1.29, 1.82) is 5.26 Å². The Kier molecular flexibility index (Phi) is 6.95. The Balaban J connectivity index is 1.94. The Hall–Kier alpha value is -3.77. The Morgan fingerprint density at radius 2 is 2.13 bits per heavy atom. The molecule has 0 bridgehead atoms. The first-order chi connectivity index (χ1) is 14.9. The van der Waals surface area contributed by atoms with Crippen LogP contribution in [-0.4, -0.2) is 29.2 Å². The van der Waals surface area contributed by atoms with Gasteiger partial charge in [0.15, 0.2) is 11.5 Å². The highest BCUT2D eigenvalue weighted by Gasteiger charge is 2.19. The molecule has 2 aromatic heterocycles. The number of nitriles is 1. The Bertz CT molecular complexity index is 1190. The molecule has 0 radical (unpaired) electrons. The molecular weight excluding hydrogens is 405 g/mol. The number of methoxy groups -OCH3 is 1. The second-order valence-electron chi connectivity index (χ2n) is 6.79. The number of carbonyl (C=O) groups excluding carboxylic acids is 1. The molecule has 3 aromatic rings. The average Bonchev–Trinajstić information content (AvgIpc) is 3.18. The first-order valence-electron chi connectivity index (χ1n) is 9.45. The number of rotatable bonds is 9. The van der Waals surface area contributed by atoms with Gasteiger partial charge in [-0.25, -0.2) is 4.39 Å². The van der Waals surface area contributed by atoms with Crippen LogP contribution in [0.4, 0.5) is 4.39 Å². The molecule has 0 unspecified atom stereocenters. The van der Waals surface area contributed by atoms with E-state index in [1.165, 1.54) is 36.1 Å². The summed E-state index contributed by atoms with van der Waals surface area (Å²) in [6.07, 6.45) is 1.87. The average molecular weight is 425 g/mol. The van der Waals surface area contributed by atoms with Gasteiger partial charge in [-0.2, -0.15) is 5.26 Å². The number of halogens is 1. The molecule has 9 heteroatoms. The maximum absolute atomic E-state index is 13.9. The van der Waals surface area contributed by atoms with Crippen molar-refractivity contribution in [1.82, 2.24) is 9.72 Å². The predicted octanol–water partition coefficient (Wildman–Crippen LogP) is 3.00. The third-order valence-electron chi connectivity index (χ3n) is 4.45. The van der Waals surface area contributed by atoms with Gasteiger partial charge in [0.2, 0.25) is 0 Å². The van der Waals surface area contributed by atoms with E-state index in [2.05, 4.69) is 5.16 Å². The number of aromatic nitrogens is 2. The van der Waals surface area contributed by atoms with E-state index in [0.29, 0.717) is 24.5 Å². The lowest BCUT2D eigenvalue weighted by Crippen LogP contribution is -2.24. The van der Waals surface area contributed by atoms with E-state index in [0.717, 1.165) is 6.07 Å². The zero-order valence-corrected chi connectivity index (χ0v) is 17.1. The lowest BCUT2D eigenvalue weighted by atomic mass is 10.0. The number of aryl methyl sites for hydroxylation is 2. The fourth-order valence-corrected chi connectivity index (χ4v) is 2.98. The molecule has 1 aromatic carbocycles. The highest BCUT2D eigenvalue weighted by atomic mass is 19.1. The number of ketones is 1. The number of hydrogen-bond donors (Lipinski definition) is 0. The van der Waals surface area contributed by atoms with Crippen molar-refractivity contribution < 1.29 is 23.2 Å². The van der Waals surface area contributed by atoms with Gasteiger partial charge in [0.1, 0.15) is 29.8 Å². The zero-order chi connectivity index (χ0) is 22.4. The highest BCUT2D eigenvalue weighted by molar-refractivity contribution is 6.10. The second-order valence-corrected chi connectivity index (χ2v) is 6.79. The number of ether oxygens (including phenoxy) is 2. The van der Waals surface area contributed by atoms with Crippen LogP contribution in [0.25, 0.3) is 0 Å². The molecule has 0 saturated heterocycles. The molecule has 0 aliphatic rings. The molecule has 0 fully saturated rings. The van der Waals surface area contributed by atoms with Gasteiger partial charge < -0.3 is 18.6 Å². The summed E-state index contributed by atoms with van der Waals surface area (Å²) < 4.78 is 30.9. The quantitative estimate of drug-likeness (QED) is 0.383. The Morgan fingerprint density at radius 3 is 2.81 bits per heavy atom. The van der Waals surface area contributed by atoms with Gasteiger partial charge in [0, 0.05) is 38.1 Å². The molecule has 0 aliphatic carbocycles. The number of pyridine rings is 1. The van der Waals surface area contributed by atoms with Gasteiger partial charge in [0.05, 0.1) is 11.3 Å². The van der Waals surface area contributed by atoms with Gasteiger partial charge in [-0.15, -0.1) is 0 Å². The fraction of sp³-hybridized carbons (Fsp3) is 0.273. The van der Waals surface area contributed by atoms with Gasteiger partial charge >= 0.3 is 0 Å². The van der Waals surface area contributed by atoms with E-state index in [1.807, 2.05) is 0 Å². The molecule has 0 amide bonds. The van der Waals surface area contributed by atoms with Crippen LogP contribution in [0.5, 0.6) is 5.75 Å². The van der Waals surface area contributed by atoms with E-state index in [1.54, 1.807) is 19.1 Å². The molecule has 31 heavy (non-hydrogen) atoms. The van der Waals surface area contributed by atoms with Crippen LogP contribution in [-0.2, 0) is 17.9 Å². The summed E-state index contributed by atoms with van der Waals surface area (Å²) in [4.78, 5) is 25.5. The predicted molar refractivity (Wildman–Crippen MR) is 107 cm³/mol. The standard InChI is InChI=1S/C22H20FN3O5/c1-14-8-18(31-25-14)13-30-20-5-4-17(23)10-19(20)21(27)16-9-15(11-24)22(28)26(12-16)6-3-7-29-2/h4-5,8-10,12H,3,6-7,13H2,1-2H3. The van der Waals surface area contributed by atoms with Crippen molar-refractivity contribution in [2.24, 2.45) is 0 Å². The minimum Gasteiger partial charge on any atom is -0.485 e. The summed E-state index contributed by atoms with van der Waals surface area (Å²) in [5, 5.41) is 13.1. The topological polar surface area (TPSA) is 107 Å². The van der Waals surface area contributed by atoms with Crippen LogP contribution in [0.3, 0.4) is 0 Å². The molecule has 0 aliphatic heterocycles. The largest absolute Gasteiger partial charge is 0.485 e. The van der Waals surface area contributed by atoms with Crippen LogP contribution in [0.1, 0.15) is 39.4 Å². The van der Waals surface area contributed by atoms with Crippen molar-refractivity contribution in [3.63, 3.8) is 0 Å². The van der Waals surface area contributed by atoms with E-state index < -0.39 is 17.2 Å². The summed E-state index contributed by atoms with van der Waals surface area (Å²) in [6, 6.07) is 8.25. The first kappa shape index (κ1) is 21.9. The highest BCUT2D eigenvalue weighted by Crippen LogP contribution is 2.24. The molecular formula is C22H20FN3O5. The Morgan fingerprint density at radius 1 is 1.32 bits per heavy atom. The summed E-state index contributed by atoms with van der Waals surface area (Å²) in [5.41, 5.74) is 0.0151. The first-order valence-corrected chi connectivity index (χ1v) is 9.45. The molecule has 0 saturated carbocycles. The third kappa shape index (κ3) is 5.24. The summed E-state index contributed by atoms with van der Waals surface area (Å²) in [5.74, 6) is -0.629. The van der Waals surface area contributed by atoms with Crippen LogP contribution < -0.4 is 10.3 Å². The number of carbonyl (C=O) groups is 1. The molecule has 8 nitrogen and oxygen atoms in total. The van der Waals surface area contributed by atoms with Crippen molar-refractivity contribution in [3.05, 3.63) is 80.8 Å². The van der Waals surface area contributed by atoms with E-state index in [4.69, 9.17) is 14.0 Å². The minimum absolute atomic E-state index is 0.00723. The van der Waals surface area contributed by atoms with Gasteiger partial charge in [-0.1, -0.05) is 5.16 Å². The van der Waals surface area contributed by atoms with E-state index in [-0.39, 0.29) is 35.6 Å². The smallest absolute Gasteiger partial charge is 0.268 e. The van der Waals surface area contributed by atoms with Crippen LogP contribution in [0, 0.1) is 24.1 Å². The normalized spacial score (nSPS) is 10.6. The monoisotopic (exact) mass is 425 g/mol. The lowest BCUT2D eigenvalue weighted by molar-refractivity contribution is 0.103. The van der Waals surface area contributed by atoms with Crippen LogP contribution in [0.15, 0.2) is 45.8 Å². The molecule has 0 N–H and O–H groups in total. The summed E-state index contributed by atoms with van der Waals surface area (Å²) in [7, 11) is 1.54. The molecule has 2 heterocycles. The summed E-state index contributed by atoms with van der Waals surface area (Å²) >= 11 is 0. The number of nitrogens with zero attached hydrogens (tertiary/aromatic N) is 3. The minimum atomic E-state index is -0.625. The van der Waals surface area contributed by atoms with Crippen molar-refractivity contribution in [2.45, 2.75) is 26.5 Å². The summed E-state index contributed by atoms with van der Waals surface area (Å²) in [6.45, 7) is 2.43. The van der Waals surface area contributed by atoms with Crippen LogP contribution in [0.2, 0.25) is 0 Å². The molecule has 3 rings (SSSR count). The van der Waals surface area contributed by atoms with Crippen LogP contribution >= 0.6 is 0 Å². The van der Waals surface area contributed by atoms with Crippen molar-refractivity contribution in [3.8, 4) is 11.8 Å². The second kappa shape index (κ2) is 9.82. The van der Waals surface area contributed by atoms with Gasteiger partial charge in [0.25, 0.3) is 5.56 Å². The lowest BCUT2D eigenvalue weighted by Gasteiger charge is -2.12. The maximum Gasteiger partial charge on any atom is 0.268 e. The van der Waals surface area contributed by atoms with E-state index in [9.17, 15) is 19.2 Å². The van der Waals surface area contributed by atoms with E-state index >= 15 is 0 Å². The third-order valence-corrected chi connectivity index (χ3v) is 4.45. The van der Waals surface area contributed by atoms with Crippen molar-refractivity contribution >= 4 is 5.78 Å². The number of hydrogen-bond acceptors (Lipinski definition) is 7. The SMILES string of the molecule is COCCCn1cc(C(=O)c2cc(F)ccc2OCc2cc(C)no2)cc(C#N)c1=O. The van der Waals surface area contributed by atoms with Gasteiger partial charge in [-0.05, 0) is 37.6 Å². The van der Waals surface area contributed by atoms with Gasteiger partial charge in [-0.3, -0.25) is 9.59 Å². The Labute approximate surface area is 177 Å². The fourth-order valence-electron chi connectivity index (χ4n) is 2.98. The molecule has 0 atom stereocenters. The zero-order valence-electron chi connectivity index (χ0n) is 17.1. The van der Waals surface area contributed by atoms with Crippen molar-refractivity contribution in [2.75, 3.05) is 13.7 Å². The molecule has 160 valence electrons. The molecule has 0 spiro atoms.